The lowest BCUT2D eigenvalue weighted by molar-refractivity contribution is 0.148. The van der Waals surface area contributed by atoms with Gasteiger partial charge < -0.3 is 10.5 Å². The van der Waals surface area contributed by atoms with E-state index in [4.69, 9.17) is 10.5 Å². The summed E-state index contributed by atoms with van der Waals surface area (Å²) in [4.78, 5) is 0. The van der Waals surface area contributed by atoms with E-state index >= 15 is 0 Å². The zero-order valence-electron chi connectivity index (χ0n) is 4.89. The largest absolute Gasteiger partial charge is 0.380 e. The first-order valence-corrected chi connectivity index (χ1v) is 3.15. The summed E-state index contributed by atoms with van der Waals surface area (Å²) in [5.74, 6) is 0.826. The summed E-state index contributed by atoms with van der Waals surface area (Å²) < 4.78 is 5.22. The van der Waals surface area contributed by atoms with Gasteiger partial charge in [0.2, 0.25) is 0 Å². The molecular formula is C6H11NO. The van der Waals surface area contributed by atoms with Crippen LogP contribution in [0.15, 0.2) is 0 Å². The topological polar surface area (TPSA) is 35.2 Å². The van der Waals surface area contributed by atoms with Gasteiger partial charge in [-0.2, -0.15) is 0 Å². The monoisotopic (exact) mass is 113 g/mol. The molecule has 2 heteroatoms. The number of fused-ring (bicyclic) bond motifs is 1. The molecule has 46 valence electrons. The third-order valence-corrected chi connectivity index (χ3v) is 2.47. The van der Waals surface area contributed by atoms with E-state index in [1.165, 1.54) is 6.42 Å². The number of ether oxygens (including phenoxy) is 1. The highest BCUT2D eigenvalue weighted by Gasteiger charge is 2.56. The maximum atomic E-state index is 5.53. The lowest BCUT2D eigenvalue weighted by Gasteiger charge is -2.03. The van der Waals surface area contributed by atoms with Gasteiger partial charge in [-0.05, 0) is 12.3 Å². The Hall–Kier alpha value is -0.0800. The van der Waals surface area contributed by atoms with Crippen molar-refractivity contribution < 1.29 is 4.74 Å². The Kier molecular flexibility index (Phi) is 0.746. The Morgan fingerprint density at radius 3 is 2.88 bits per heavy atom. The van der Waals surface area contributed by atoms with Crippen molar-refractivity contribution in [3.63, 3.8) is 0 Å². The fourth-order valence-electron chi connectivity index (χ4n) is 1.56. The van der Waals surface area contributed by atoms with Gasteiger partial charge in [0, 0.05) is 12.0 Å². The van der Waals surface area contributed by atoms with Gasteiger partial charge in [-0.25, -0.2) is 0 Å². The van der Waals surface area contributed by atoms with Gasteiger partial charge in [-0.3, -0.25) is 0 Å². The van der Waals surface area contributed by atoms with E-state index < -0.39 is 0 Å². The van der Waals surface area contributed by atoms with Crippen molar-refractivity contribution in [3.05, 3.63) is 0 Å². The van der Waals surface area contributed by atoms with Crippen LogP contribution in [0.3, 0.4) is 0 Å². The summed E-state index contributed by atoms with van der Waals surface area (Å²) in [7, 11) is 0. The highest BCUT2D eigenvalue weighted by atomic mass is 16.5. The van der Waals surface area contributed by atoms with E-state index in [0.29, 0.717) is 5.41 Å². The van der Waals surface area contributed by atoms with Crippen molar-refractivity contribution in [2.75, 3.05) is 19.8 Å². The van der Waals surface area contributed by atoms with Crippen LogP contribution in [0.25, 0.3) is 0 Å². The van der Waals surface area contributed by atoms with Gasteiger partial charge in [0.15, 0.2) is 0 Å². The summed E-state index contributed by atoms with van der Waals surface area (Å²) in [6.07, 6.45) is 1.32. The molecule has 0 unspecified atom stereocenters. The molecule has 0 bridgehead atoms. The summed E-state index contributed by atoms with van der Waals surface area (Å²) >= 11 is 0. The van der Waals surface area contributed by atoms with Crippen molar-refractivity contribution in [1.82, 2.24) is 0 Å². The fraction of sp³-hybridized carbons (Fsp3) is 1.00. The van der Waals surface area contributed by atoms with Gasteiger partial charge in [0.1, 0.15) is 0 Å². The quantitative estimate of drug-likeness (QED) is 0.518. The molecule has 0 aromatic rings. The molecule has 1 heterocycles. The van der Waals surface area contributed by atoms with Crippen LogP contribution in [0.4, 0.5) is 0 Å². The van der Waals surface area contributed by atoms with Gasteiger partial charge in [-0.1, -0.05) is 0 Å². The maximum Gasteiger partial charge on any atom is 0.0538 e. The predicted molar refractivity (Wildman–Crippen MR) is 30.4 cm³/mol. The second-order valence-corrected chi connectivity index (χ2v) is 2.98. The Balaban J connectivity index is 2.08. The molecule has 2 fully saturated rings. The number of hydrogen-bond acceptors (Lipinski definition) is 2. The molecule has 1 saturated heterocycles. The molecule has 1 aliphatic heterocycles. The Labute approximate surface area is 49.0 Å². The van der Waals surface area contributed by atoms with Crippen molar-refractivity contribution >= 4 is 0 Å². The van der Waals surface area contributed by atoms with E-state index in [-0.39, 0.29) is 0 Å². The van der Waals surface area contributed by atoms with Gasteiger partial charge in [-0.15, -0.1) is 0 Å². The fourth-order valence-corrected chi connectivity index (χ4v) is 1.56. The zero-order valence-corrected chi connectivity index (χ0v) is 4.89. The van der Waals surface area contributed by atoms with Crippen molar-refractivity contribution in [2.45, 2.75) is 6.42 Å². The lowest BCUT2D eigenvalue weighted by atomic mass is 10.1. The van der Waals surface area contributed by atoms with E-state index in [1.54, 1.807) is 0 Å². The molecule has 0 amide bonds. The van der Waals surface area contributed by atoms with Crippen molar-refractivity contribution in [3.8, 4) is 0 Å². The standard InChI is InChI=1S/C6H11NO/c7-3-6-1-5(6)2-8-4-6/h5H,1-4,7H2/t5-,6-/m1/s1. The minimum absolute atomic E-state index is 0.458. The van der Waals surface area contributed by atoms with Crippen LogP contribution >= 0.6 is 0 Å². The third kappa shape index (κ3) is 0.400. The molecule has 2 aliphatic rings. The summed E-state index contributed by atoms with van der Waals surface area (Å²) in [6, 6.07) is 0. The van der Waals surface area contributed by atoms with Crippen LogP contribution in [0.5, 0.6) is 0 Å². The molecule has 1 saturated carbocycles. The molecule has 2 atom stereocenters. The molecular weight excluding hydrogens is 102 g/mol. The SMILES string of the molecule is NC[C@]12COC[C@H]1C2. The summed E-state index contributed by atoms with van der Waals surface area (Å²) in [6.45, 7) is 2.73. The van der Waals surface area contributed by atoms with Crippen LogP contribution in [-0.2, 0) is 4.74 Å². The second kappa shape index (κ2) is 1.25. The Morgan fingerprint density at radius 1 is 1.75 bits per heavy atom. The van der Waals surface area contributed by atoms with Crippen LogP contribution in [0.2, 0.25) is 0 Å². The Bertz CT molecular complexity index is 111. The molecule has 2 N–H and O–H groups in total. The van der Waals surface area contributed by atoms with Crippen molar-refractivity contribution in [1.29, 1.82) is 0 Å². The first-order valence-electron chi connectivity index (χ1n) is 3.15. The van der Waals surface area contributed by atoms with E-state index in [9.17, 15) is 0 Å². The van der Waals surface area contributed by atoms with Crippen LogP contribution in [-0.4, -0.2) is 19.8 Å². The minimum atomic E-state index is 0.458. The minimum Gasteiger partial charge on any atom is -0.380 e. The normalized spacial score (nSPS) is 51.4. The summed E-state index contributed by atoms with van der Waals surface area (Å²) in [5.41, 5.74) is 5.99. The third-order valence-electron chi connectivity index (χ3n) is 2.47. The molecule has 2 rings (SSSR count). The average Bonchev–Trinajstić information content (AvgIpc) is 2.38. The number of rotatable bonds is 1. The zero-order chi connectivity index (χ0) is 5.61. The van der Waals surface area contributed by atoms with Gasteiger partial charge in [0.25, 0.3) is 0 Å². The van der Waals surface area contributed by atoms with Gasteiger partial charge in [0.05, 0.1) is 13.2 Å². The molecule has 0 aromatic carbocycles. The van der Waals surface area contributed by atoms with Crippen LogP contribution in [0.1, 0.15) is 6.42 Å². The smallest absolute Gasteiger partial charge is 0.0538 e. The van der Waals surface area contributed by atoms with Crippen LogP contribution in [0, 0.1) is 11.3 Å². The highest BCUT2D eigenvalue weighted by molar-refractivity contribution is 5.06. The first-order chi connectivity index (χ1) is 3.87. The summed E-state index contributed by atoms with van der Waals surface area (Å²) in [5, 5.41) is 0. The predicted octanol–water partition coefficient (Wildman–Crippen LogP) is -0.0184. The van der Waals surface area contributed by atoms with E-state index in [1.807, 2.05) is 0 Å². The lowest BCUT2D eigenvalue weighted by Crippen LogP contribution is -2.18. The molecule has 8 heavy (non-hydrogen) atoms. The second-order valence-electron chi connectivity index (χ2n) is 2.98. The van der Waals surface area contributed by atoms with E-state index in [0.717, 1.165) is 25.7 Å². The highest BCUT2D eigenvalue weighted by Crippen LogP contribution is 2.55. The van der Waals surface area contributed by atoms with Gasteiger partial charge >= 0.3 is 0 Å². The number of nitrogens with two attached hydrogens (primary N) is 1. The maximum absolute atomic E-state index is 5.53. The Morgan fingerprint density at radius 2 is 2.62 bits per heavy atom. The van der Waals surface area contributed by atoms with Crippen molar-refractivity contribution in [2.24, 2.45) is 17.1 Å². The molecule has 1 aliphatic carbocycles. The molecule has 0 radical (unpaired) electrons. The molecule has 0 aromatic heterocycles. The molecule has 0 spiro atoms. The molecule has 2 nitrogen and oxygen atoms in total. The number of hydrogen-bond donors (Lipinski definition) is 1. The first kappa shape index (κ1) is 4.77. The van der Waals surface area contributed by atoms with Crippen LogP contribution < -0.4 is 5.73 Å². The average molecular weight is 113 g/mol. The van der Waals surface area contributed by atoms with E-state index in [2.05, 4.69) is 0 Å².